The predicted octanol–water partition coefficient (Wildman–Crippen LogP) is 3.25. The number of fused-ring (bicyclic) bond motifs is 1. The first-order valence-electron chi connectivity index (χ1n) is 4.10. The lowest BCUT2D eigenvalue weighted by atomic mass is 10.3. The molecule has 2 aromatic rings. The molecule has 0 atom stereocenters. The van der Waals surface area contributed by atoms with Crippen molar-refractivity contribution in [1.29, 1.82) is 0 Å². The number of aryl methyl sites for hydroxylation is 1. The summed E-state index contributed by atoms with van der Waals surface area (Å²) in [5, 5.41) is 0. The Morgan fingerprint density at radius 3 is 3.00 bits per heavy atom. The molecule has 0 aliphatic rings. The smallest absolute Gasteiger partial charge is 0.139 e. The Bertz CT molecular complexity index is 430. The number of benzene rings is 1. The molecule has 2 nitrogen and oxygen atoms in total. The van der Waals surface area contributed by atoms with Crippen LogP contribution >= 0.6 is 27.5 Å². The van der Waals surface area contributed by atoms with Gasteiger partial charge >= 0.3 is 0 Å². The van der Waals surface area contributed by atoms with Crippen molar-refractivity contribution in [2.24, 2.45) is 0 Å². The average molecular weight is 278 g/mol. The number of hydrogen-bond acceptors (Lipinski definition) is 1. The monoisotopic (exact) mass is 276 g/mol. The van der Waals surface area contributed by atoms with Crippen LogP contribution < -0.4 is 0 Å². The van der Waals surface area contributed by atoms with Gasteiger partial charge in [0, 0.05) is 18.4 Å². The van der Waals surface area contributed by atoms with Crippen LogP contribution in [0.15, 0.2) is 16.6 Å². The van der Waals surface area contributed by atoms with Crippen LogP contribution in [0.2, 0.25) is 0 Å². The molecule has 0 unspecified atom stereocenters. The van der Waals surface area contributed by atoms with Gasteiger partial charge < -0.3 is 4.98 Å². The van der Waals surface area contributed by atoms with Crippen LogP contribution in [0.5, 0.6) is 0 Å². The highest BCUT2D eigenvalue weighted by atomic mass is 79.9. The van der Waals surface area contributed by atoms with Gasteiger partial charge in [0.15, 0.2) is 0 Å². The van der Waals surface area contributed by atoms with Gasteiger partial charge in [-0.3, -0.25) is 0 Å². The molecule has 14 heavy (non-hydrogen) atoms. The van der Waals surface area contributed by atoms with E-state index >= 15 is 0 Å². The van der Waals surface area contributed by atoms with Crippen molar-refractivity contribution in [2.75, 3.05) is 5.88 Å². The van der Waals surface area contributed by atoms with E-state index < -0.39 is 0 Å². The Labute approximate surface area is 93.6 Å². The molecular formula is C9H7BrClFN2. The zero-order chi connectivity index (χ0) is 10.1. The van der Waals surface area contributed by atoms with Crippen LogP contribution in [0, 0.1) is 5.82 Å². The molecule has 2 rings (SSSR count). The zero-order valence-electron chi connectivity index (χ0n) is 7.15. The maximum atomic E-state index is 13.1. The van der Waals surface area contributed by atoms with E-state index in [2.05, 4.69) is 25.9 Å². The topological polar surface area (TPSA) is 28.7 Å². The molecule has 74 valence electrons. The van der Waals surface area contributed by atoms with E-state index in [1.165, 1.54) is 6.07 Å². The second-order valence-corrected chi connectivity index (χ2v) is 4.14. The van der Waals surface area contributed by atoms with Crippen molar-refractivity contribution >= 4 is 38.6 Å². The highest BCUT2D eigenvalue weighted by Crippen LogP contribution is 2.21. The van der Waals surface area contributed by atoms with Gasteiger partial charge in [-0.1, -0.05) is 0 Å². The van der Waals surface area contributed by atoms with Gasteiger partial charge in [-0.2, -0.15) is 0 Å². The van der Waals surface area contributed by atoms with Crippen LogP contribution in [0.1, 0.15) is 5.82 Å². The Balaban J connectivity index is 2.54. The van der Waals surface area contributed by atoms with Crippen molar-refractivity contribution in [1.82, 2.24) is 9.97 Å². The maximum absolute atomic E-state index is 13.1. The Hall–Kier alpha value is -0.610. The van der Waals surface area contributed by atoms with Gasteiger partial charge in [0.05, 0.1) is 15.5 Å². The van der Waals surface area contributed by atoms with E-state index in [-0.39, 0.29) is 5.82 Å². The molecule has 0 spiro atoms. The molecule has 0 aliphatic carbocycles. The van der Waals surface area contributed by atoms with E-state index in [4.69, 9.17) is 11.6 Å². The summed E-state index contributed by atoms with van der Waals surface area (Å²) in [5.41, 5.74) is 1.45. The summed E-state index contributed by atoms with van der Waals surface area (Å²) in [6.07, 6.45) is 0.662. The number of rotatable bonds is 2. The van der Waals surface area contributed by atoms with Gasteiger partial charge in [0.1, 0.15) is 11.6 Å². The largest absolute Gasteiger partial charge is 0.342 e. The molecule has 0 fully saturated rings. The van der Waals surface area contributed by atoms with Crippen molar-refractivity contribution in [3.05, 3.63) is 28.2 Å². The highest BCUT2D eigenvalue weighted by molar-refractivity contribution is 9.10. The maximum Gasteiger partial charge on any atom is 0.139 e. The Kier molecular flexibility index (Phi) is 2.74. The second kappa shape index (κ2) is 3.87. The van der Waals surface area contributed by atoms with Crippen molar-refractivity contribution in [2.45, 2.75) is 6.42 Å². The number of halogens is 3. The molecule has 5 heteroatoms. The molecule has 0 amide bonds. The molecule has 1 aromatic heterocycles. The third-order valence-electron chi connectivity index (χ3n) is 1.90. The van der Waals surface area contributed by atoms with E-state index in [0.29, 0.717) is 22.3 Å². The van der Waals surface area contributed by atoms with Crippen molar-refractivity contribution in [3.8, 4) is 0 Å². The third-order valence-corrected chi connectivity index (χ3v) is 2.70. The number of nitrogens with one attached hydrogen (secondary N) is 1. The van der Waals surface area contributed by atoms with Crippen LogP contribution in [0.4, 0.5) is 4.39 Å². The Morgan fingerprint density at radius 2 is 2.29 bits per heavy atom. The van der Waals surface area contributed by atoms with Crippen molar-refractivity contribution < 1.29 is 4.39 Å². The quantitative estimate of drug-likeness (QED) is 0.839. The molecule has 0 saturated heterocycles. The number of nitrogens with zero attached hydrogens (tertiary/aromatic N) is 1. The van der Waals surface area contributed by atoms with Crippen LogP contribution in [0.25, 0.3) is 11.0 Å². The summed E-state index contributed by atoms with van der Waals surface area (Å²) in [5.74, 6) is 0.995. The lowest BCUT2D eigenvalue weighted by molar-refractivity contribution is 0.623. The molecule has 0 bridgehead atoms. The second-order valence-electron chi connectivity index (χ2n) is 2.91. The molecule has 0 aliphatic heterocycles. The number of aromatic amines is 1. The van der Waals surface area contributed by atoms with Crippen molar-refractivity contribution in [3.63, 3.8) is 0 Å². The van der Waals surface area contributed by atoms with E-state index in [1.807, 2.05) is 0 Å². The standard InChI is InChI=1S/C9H7BrClFN2/c10-5-3-7-8(4-6(5)12)14-9(13-7)1-2-11/h3-4H,1-2H2,(H,13,14). The molecule has 1 N–H and O–H groups in total. The number of hydrogen-bond donors (Lipinski definition) is 1. The fourth-order valence-corrected chi connectivity index (χ4v) is 1.78. The fraction of sp³-hybridized carbons (Fsp3) is 0.222. The highest BCUT2D eigenvalue weighted by Gasteiger charge is 2.06. The summed E-state index contributed by atoms with van der Waals surface area (Å²) in [6.45, 7) is 0. The predicted molar refractivity (Wildman–Crippen MR) is 58.2 cm³/mol. The first-order valence-corrected chi connectivity index (χ1v) is 5.43. The number of aromatic nitrogens is 2. The molecular weight excluding hydrogens is 270 g/mol. The summed E-state index contributed by atoms with van der Waals surface area (Å²) in [6, 6.07) is 3.07. The number of H-pyrrole nitrogens is 1. The van der Waals surface area contributed by atoms with Crippen LogP contribution in [-0.4, -0.2) is 15.8 Å². The van der Waals surface area contributed by atoms with Crippen LogP contribution in [0.3, 0.4) is 0 Å². The zero-order valence-corrected chi connectivity index (χ0v) is 9.49. The minimum absolute atomic E-state index is 0.293. The number of alkyl halides is 1. The first kappa shape index (κ1) is 9.93. The first-order chi connectivity index (χ1) is 6.70. The lowest BCUT2D eigenvalue weighted by Crippen LogP contribution is -1.87. The SMILES string of the molecule is Fc1cc2[nH]c(CCCl)nc2cc1Br. The van der Waals surface area contributed by atoms with E-state index in [9.17, 15) is 4.39 Å². The molecule has 0 radical (unpaired) electrons. The summed E-state index contributed by atoms with van der Waals surface area (Å²) in [4.78, 5) is 7.28. The van der Waals surface area contributed by atoms with E-state index in [1.54, 1.807) is 6.07 Å². The van der Waals surface area contributed by atoms with Gasteiger partial charge in [-0.05, 0) is 22.0 Å². The minimum atomic E-state index is -0.293. The minimum Gasteiger partial charge on any atom is -0.342 e. The summed E-state index contributed by atoms with van der Waals surface area (Å²) >= 11 is 8.69. The van der Waals surface area contributed by atoms with E-state index in [0.717, 1.165) is 11.3 Å². The summed E-state index contributed by atoms with van der Waals surface area (Å²) in [7, 11) is 0. The summed E-state index contributed by atoms with van der Waals surface area (Å²) < 4.78 is 13.5. The van der Waals surface area contributed by atoms with Crippen LogP contribution in [-0.2, 0) is 6.42 Å². The Morgan fingerprint density at radius 1 is 1.50 bits per heavy atom. The average Bonchev–Trinajstić information content (AvgIpc) is 2.48. The van der Waals surface area contributed by atoms with Gasteiger partial charge in [0.25, 0.3) is 0 Å². The normalized spacial score (nSPS) is 11.1. The van der Waals surface area contributed by atoms with Gasteiger partial charge in [-0.15, -0.1) is 11.6 Å². The molecule has 1 heterocycles. The number of imidazole rings is 1. The molecule has 0 saturated carbocycles. The third kappa shape index (κ3) is 1.77. The van der Waals surface area contributed by atoms with Gasteiger partial charge in [-0.25, -0.2) is 9.37 Å². The lowest BCUT2D eigenvalue weighted by Gasteiger charge is -1.92. The van der Waals surface area contributed by atoms with Gasteiger partial charge in [0.2, 0.25) is 0 Å². The fourth-order valence-electron chi connectivity index (χ4n) is 1.27. The molecule has 1 aromatic carbocycles.